The zero-order valence-electron chi connectivity index (χ0n) is 19.7. The highest BCUT2D eigenvalue weighted by atomic mass is 16.6. The van der Waals surface area contributed by atoms with Crippen LogP contribution in [0.5, 0.6) is 0 Å². The molecule has 0 aliphatic carbocycles. The third kappa shape index (κ3) is 5.22. The summed E-state index contributed by atoms with van der Waals surface area (Å²) in [7, 11) is 0. The number of nitrogens with one attached hydrogen (secondary N) is 3. The van der Waals surface area contributed by atoms with Gasteiger partial charge in [-0.25, -0.2) is 0 Å². The molecule has 0 atom stereocenters. The van der Waals surface area contributed by atoms with Crippen molar-refractivity contribution in [2.24, 2.45) is 0 Å². The van der Waals surface area contributed by atoms with Crippen LogP contribution in [0.15, 0.2) is 72.8 Å². The molecule has 36 heavy (non-hydrogen) atoms. The minimum absolute atomic E-state index is 0.0670. The van der Waals surface area contributed by atoms with Gasteiger partial charge in [0, 0.05) is 60.9 Å². The first kappa shape index (κ1) is 23.5. The number of hydrogen-bond acceptors (Lipinski definition) is 7. The van der Waals surface area contributed by atoms with Gasteiger partial charge in [0.05, 0.1) is 29.4 Å². The number of ether oxygens (including phenoxy) is 1. The molecule has 0 aromatic heterocycles. The number of carbonyl (C=O) groups is 1. The summed E-state index contributed by atoms with van der Waals surface area (Å²) in [6.07, 6.45) is 0. The summed E-state index contributed by atoms with van der Waals surface area (Å²) in [4.78, 5) is 26.3. The predicted molar refractivity (Wildman–Crippen MR) is 141 cm³/mol. The fourth-order valence-corrected chi connectivity index (χ4v) is 4.40. The van der Waals surface area contributed by atoms with Crippen LogP contribution in [0.4, 0.5) is 22.7 Å². The second-order valence-corrected chi connectivity index (χ2v) is 8.64. The van der Waals surface area contributed by atoms with E-state index in [1.54, 1.807) is 6.07 Å². The third-order valence-electron chi connectivity index (χ3n) is 6.29. The van der Waals surface area contributed by atoms with Gasteiger partial charge in [-0.1, -0.05) is 30.3 Å². The third-order valence-corrected chi connectivity index (χ3v) is 6.29. The van der Waals surface area contributed by atoms with E-state index >= 15 is 0 Å². The number of nitrogens with zero attached hydrogens (tertiary/aromatic N) is 2. The highest BCUT2D eigenvalue weighted by Gasteiger charge is 2.30. The zero-order chi connectivity index (χ0) is 24.9. The molecule has 2 heterocycles. The molecule has 9 nitrogen and oxygen atoms in total. The van der Waals surface area contributed by atoms with E-state index in [2.05, 4.69) is 20.9 Å². The summed E-state index contributed by atoms with van der Waals surface area (Å²) in [6.45, 7) is 5.28. The van der Waals surface area contributed by atoms with Crippen molar-refractivity contribution in [2.45, 2.75) is 0 Å². The number of nitro groups is 1. The van der Waals surface area contributed by atoms with Gasteiger partial charge in [0.25, 0.3) is 11.6 Å². The number of nitro benzene ring substituents is 1. The van der Waals surface area contributed by atoms with Crippen molar-refractivity contribution in [2.75, 3.05) is 55.3 Å². The molecule has 1 amide bonds. The molecule has 1 fully saturated rings. The van der Waals surface area contributed by atoms with E-state index in [0.29, 0.717) is 22.5 Å². The lowest BCUT2D eigenvalue weighted by molar-refractivity contribution is -0.384. The Morgan fingerprint density at radius 1 is 1.00 bits per heavy atom. The average Bonchev–Trinajstić information content (AvgIpc) is 3.24. The van der Waals surface area contributed by atoms with Crippen molar-refractivity contribution in [3.63, 3.8) is 0 Å². The van der Waals surface area contributed by atoms with Gasteiger partial charge in [0.2, 0.25) is 0 Å². The molecule has 0 radical (unpaired) electrons. The smallest absolute Gasteiger partial charge is 0.270 e. The van der Waals surface area contributed by atoms with Crippen LogP contribution in [0.3, 0.4) is 0 Å². The van der Waals surface area contributed by atoms with E-state index in [1.807, 2.05) is 54.6 Å². The molecule has 3 N–H and O–H groups in total. The van der Waals surface area contributed by atoms with Gasteiger partial charge in [-0.05, 0) is 35.9 Å². The number of carbonyl (C=O) groups excluding carboxylic acids is 1. The molecule has 1 saturated heterocycles. The Kier molecular flexibility index (Phi) is 6.92. The van der Waals surface area contributed by atoms with Gasteiger partial charge in [-0.2, -0.15) is 0 Å². The van der Waals surface area contributed by atoms with E-state index < -0.39 is 4.92 Å². The van der Waals surface area contributed by atoms with Gasteiger partial charge < -0.3 is 20.7 Å². The van der Waals surface area contributed by atoms with Crippen LogP contribution >= 0.6 is 0 Å². The molecule has 3 aromatic carbocycles. The number of fused-ring (bicyclic) bond motifs is 1. The van der Waals surface area contributed by atoms with E-state index in [0.717, 1.165) is 56.3 Å². The summed E-state index contributed by atoms with van der Waals surface area (Å²) >= 11 is 0. The molecule has 2 aliphatic heterocycles. The lowest BCUT2D eigenvalue weighted by Crippen LogP contribution is -2.38. The first-order valence-corrected chi connectivity index (χ1v) is 11.9. The zero-order valence-corrected chi connectivity index (χ0v) is 19.7. The highest BCUT2D eigenvalue weighted by molar-refractivity contribution is 6.37. The fourth-order valence-electron chi connectivity index (χ4n) is 4.40. The molecule has 3 aromatic rings. The molecular formula is C27H27N5O4. The Morgan fingerprint density at radius 2 is 1.72 bits per heavy atom. The van der Waals surface area contributed by atoms with Crippen molar-refractivity contribution < 1.29 is 14.5 Å². The molecule has 2 aliphatic rings. The van der Waals surface area contributed by atoms with E-state index in [9.17, 15) is 14.9 Å². The van der Waals surface area contributed by atoms with Crippen molar-refractivity contribution in [1.29, 1.82) is 0 Å². The lowest BCUT2D eigenvalue weighted by atomic mass is 9.99. The minimum Gasteiger partial charge on any atom is -0.384 e. The predicted octanol–water partition coefficient (Wildman–Crippen LogP) is 4.27. The van der Waals surface area contributed by atoms with E-state index in [1.165, 1.54) is 12.1 Å². The maximum atomic E-state index is 13.0. The van der Waals surface area contributed by atoms with Crippen molar-refractivity contribution in [3.05, 3.63) is 94.0 Å². The van der Waals surface area contributed by atoms with Gasteiger partial charge in [0.1, 0.15) is 0 Å². The Bertz CT molecular complexity index is 1290. The van der Waals surface area contributed by atoms with E-state index in [4.69, 9.17) is 4.74 Å². The van der Waals surface area contributed by atoms with Gasteiger partial charge in [-0.3, -0.25) is 19.8 Å². The van der Waals surface area contributed by atoms with Crippen LogP contribution in [0.1, 0.15) is 11.1 Å². The van der Waals surface area contributed by atoms with Crippen LogP contribution in [-0.4, -0.2) is 55.1 Å². The monoisotopic (exact) mass is 485 g/mol. The highest BCUT2D eigenvalue weighted by Crippen LogP contribution is 2.39. The largest absolute Gasteiger partial charge is 0.384 e. The Hall–Kier alpha value is -4.21. The van der Waals surface area contributed by atoms with Crippen LogP contribution in [0.25, 0.3) is 11.3 Å². The van der Waals surface area contributed by atoms with Crippen LogP contribution in [0, 0.1) is 10.1 Å². The summed E-state index contributed by atoms with van der Waals surface area (Å²) in [5, 5.41) is 21.0. The van der Waals surface area contributed by atoms with Crippen molar-refractivity contribution in [3.8, 4) is 0 Å². The number of rotatable bonds is 8. The Labute approximate surface area is 208 Å². The van der Waals surface area contributed by atoms with Gasteiger partial charge >= 0.3 is 0 Å². The van der Waals surface area contributed by atoms with Crippen molar-refractivity contribution in [1.82, 2.24) is 4.90 Å². The standard InChI is InChI=1S/C27H27N5O4/c33-27-25(23-18-22(32(34)35)10-11-24(23)30-27)26(19-4-2-1-3-5-19)29-21-8-6-20(7-9-21)28-12-13-31-14-16-36-17-15-31/h1-11,18,28-29H,12-17H2,(H,30,33)/b26-25-. The average molecular weight is 486 g/mol. The summed E-state index contributed by atoms with van der Waals surface area (Å²) in [6, 6.07) is 21.8. The molecule has 0 saturated carbocycles. The van der Waals surface area contributed by atoms with Crippen LogP contribution < -0.4 is 16.0 Å². The second kappa shape index (κ2) is 10.6. The maximum Gasteiger partial charge on any atom is 0.270 e. The molecule has 5 rings (SSSR count). The molecule has 9 heteroatoms. The maximum absolute atomic E-state index is 13.0. The molecule has 0 bridgehead atoms. The van der Waals surface area contributed by atoms with Crippen molar-refractivity contribution >= 4 is 39.9 Å². The number of morpholine rings is 1. The quantitative estimate of drug-likeness (QED) is 0.248. The first-order chi connectivity index (χ1) is 17.6. The second-order valence-electron chi connectivity index (χ2n) is 8.64. The first-order valence-electron chi connectivity index (χ1n) is 11.9. The lowest BCUT2D eigenvalue weighted by Gasteiger charge is -2.26. The number of anilines is 3. The molecule has 0 spiro atoms. The summed E-state index contributed by atoms with van der Waals surface area (Å²) < 4.78 is 5.39. The number of hydrogen-bond donors (Lipinski definition) is 3. The fraction of sp³-hybridized carbons (Fsp3) is 0.222. The van der Waals surface area contributed by atoms with Crippen LogP contribution in [-0.2, 0) is 9.53 Å². The SMILES string of the molecule is O=C1Nc2ccc([N+](=O)[O-])cc2/C1=C(/Nc1ccc(NCCN2CCOCC2)cc1)c1ccccc1. The minimum atomic E-state index is -0.457. The molecule has 184 valence electrons. The summed E-state index contributed by atoms with van der Waals surface area (Å²) in [5.41, 5.74) is 4.54. The van der Waals surface area contributed by atoms with E-state index in [-0.39, 0.29) is 11.6 Å². The molecular weight excluding hydrogens is 458 g/mol. The number of non-ortho nitro benzene ring substituents is 1. The number of benzene rings is 3. The topological polar surface area (TPSA) is 109 Å². The molecule has 0 unspecified atom stereocenters. The normalized spacial score (nSPS) is 16.7. The van der Waals surface area contributed by atoms with Crippen LogP contribution in [0.2, 0.25) is 0 Å². The Balaban J connectivity index is 1.39. The summed E-state index contributed by atoms with van der Waals surface area (Å²) in [5.74, 6) is -0.307. The Morgan fingerprint density at radius 3 is 2.44 bits per heavy atom. The van der Waals surface area contributed by atoms with Gasteiger partial charge in [-0.15, -0.1) is 0 Å². The van der Waals surface area contributed by atoms with Gasteiger partial charge in [0.15, 0.2) is 0 Å². The number of amides is 1.